The summed E-state index contributed by atoms with van der Waals surface area (Å²) in [5.74, 6) is 5.53. The van der Waals surface area contributed by atoms with Gasteiger partial charge in [0, 0.05) is 36.5 Å². The van der Waals surface area contributed by atoms with Gasteiger partial charge in [0.25, 0.3) is 5.91 Å². The zero-order chi connectivity index (χ0) is 18.2. The van der Waals surface area contributed by atoms with E-state index in [9.17, 15) is 9.59 Å². The highest BCUT2D eigenvalue weighted by atomic mass is 16.2. The van der Waals surface area contributed by atoms with Crippen molar-refractivity contribution in [2.24, 2.45) is 4.99 Å². The zero-order valence-electron chi connectivity index (χ0n) is 14.4. The molecule has 0 aliphatic rings. The van der Waals surface area contributed by atoms with Crippen LogP contribution in [0.3, 0.4) is 0 Å². The number of hydrogen-bond acceptors (Lipinski definition) is 3. The molecular formula is C20H19N3O2. The lowest BCUT2D eigenvalue weighted by Gasteiger charge is -2.07. The van der Waals surface area contributed by atoms with Gasteiger partial charge >= 0.3 is 0 Å². The van der Waals surface area contributed by atoms with Crippen LogP contribution in [-0.4, -0.2) is 24.6 Å². The van der Waals surface area contributed by atoms with Gasteiger partial charge in [0.2, 0.25) is 5.91 Å². The van der Waals surface area contributed by atoms with Gasteiger partial charge in [-0.2, -0.15) is 0 Å². The van der Waals surface area contributed by atoms with Gasteiger partial charge in [0.15, 0.2) is 0 Å². The lowest BCUT2D eigenvalue weighted by Crippen LogP contribution is -2.12. The highest BCUT2D eigenvalue weighted by molar-refractivity contribution is 6.04. The van der Waals surface area contributed by atoms with Crippen molar-refractivity contribution < 1.29 is 9.59 Å². The van der Waals surface area contributed by atoms with Gasteiger partial charge in [0.1, 0.15) is 0 Å². The fourth-order valence-electron chi connectivity index (χ4n) is 2.00. The molecule has 0 heterocycles. The summed E-state index contributed by atoms with van der Waals surface area (Å²) in [6.45, 7) is 3.27. The van der Waals surface area contributed by atoms with Crippen LogP contribution in [0.4, 0.5) is 11.4 Å². The summed E-state index contributed by atoms with van der Waals surface area (Å²) in [6, 6.07) is 14.0. The van der Waals surface area contributed by atoms with E-state index < -0.39 is 0 Å². The summed E-state index contributed by atoms with van der Waals surface area (Å²) in [4.78, 5) is 27.4. The normalized spacial score (nSPS) is 10.4. The Bertz CT molecular complexity index is 872. The van der Waals surface area contributed by atoms with Crippen molar-refractivity contribution in [2.75, 3.05) is 17.7 Å². The van der Waals surface area contributed by atoms with Crippen LogP contribution < -0.4 is 10.6 Å². The van der Waals surface area contributed by atoms with Crippen molar-refractivity contribution in [1.29, 1.82) is 0 Å². The second-order valence-electron chi connectivity index (χ2n) is 5.35. The number of carbonyl (C=O) groups is 2. The van der Waals surface area contributed by atoms with Crippen molar-refractivity contribution in [3.8, 4) is 11.8 Å². The van der Waals surface area contributed by atoms with Crippen molar-refractivity contribution in [2.45, 2.75) is 13.8 Å². The molecule has 2 amide bonds. The topological polar surface area (TPSA) is 70.6 Å². The largest absolute Gasteiger partial charge is 0.326 e. The molecule has 25 heavy (non-hydrogen) atoms. The molecule has 0 bridgehead atoms. The lowest BCUT2D eigenvalue weighted by molar-refractivity contribution is -0.114. The number of carbonyl (C=O) groups excluding carboxylic acids is 2. The van der Waals surface area contributed by atoms with E-state index in [1.54, 1.807) is 49.5 Å². The summed E-state index contributed by atoms with van der Waals surface area (Å²) >= 11 is 0. The molecule has 0 aliphatic carbocycles. The number of nitrogens with zero attached hydrogens (tertiary/aromatic N) is 1. The van der Waals surface area contributed by atoms with Gasteiger partial charge < -0.3 is 10.6 Å². The van der Waals surface area contributed by atoms with Crippen molar-refractivity contribution >= 4 is 28.9 Å². The molecule has 0 radical (unpaired) electrons. The highest BCUT2D eigenvalue weighted by Gasteiger charge is 2.06. The maximum atomic E-state index is 12.4. The van der Waals surface area contributed by atoms with Crippen LogP contribution in [0.5, 0.6) is 0 Å². The molecule has 2 aromatic rings. The van der Waals surface area contributed by atoms with Gasteiger partial charge in [-0.15, -0.1) is 0 Å². The first kappa shape index (κ1) is 18.0. The van der Waals surface area contributed by atoms with Crippen LogP contribution >= 0.6 is 0 Å². The second-order valence-corrected chi connectivity index (χ2v) is 5.35. The standard InChI is InChI=1S/C20H19N3O2/c1-14(21-3)7-8-16-5-4-6-17(13-16)20(25)23-19-11-9-18(10-12-19)22-15(2)24/h4-6,9-13H,1-3H3,(H,22,24)(H,23,25)/b21-14+. The van der Waals surface area contributed by atoms with Gasteiger partial charge in [-0.3, -0.25) is 14.6 Å². The Morgan fingerprint density at radius 3 is 2.20 bits per heavy atom. The minimum Gasteiger partial charge on any atom is -0.326 e. The van der Waals surface area contributed by atoms with Crippen LogP contribution in [0.15, 0.2) is 53.5 Å². The van der Waals surface area contributed by atoms with Crippen molar-refractivity contribution in [1.82, 2.24) is 0 Å². The Labute approximate surface area is 147 Å². The zero-order valence-corrected chi connectivity index (χ0v) is 14.4. The minimum absolute atomic E-state index is 0.141. The molecule has 0 fully saturated rings. The molecule has 0 unspecified atom stereocenters. The molecular weight excluding hydrogens is 314 g/mol. The summed E-state index contributed by atoms with van der Waals surface area (Å²) in [5, 5.41) is 5.49. The average molecular weight is 333 g/mol. The van der Waals surface area contributed by atoms with E-state index in [2.05, 4.69) is 27.5 Å². The lowest BCUT2D eigenvalue weighted by atomic mass is 10.1. The van der Waals surface area contributed by atoms with Crippen LogP contribution in [0, 0.1) is 11.8 Å². The fraction of sp³-hybridized carbons (Fsp3) is 0.150. The van der Waals surface area contributed by atoms with Gasteiger partial charge in [-0.1, -0.05) is 12.0 Å². The third-order valence-corrected chi connectivity index (χ3v) is 3.31. The smallest absolute Gasteiger partial charge is 0.255 e. The number of amides is 2. The van der Waals surface area contributed by atoms with E-state index in [0.29, 0.717) is 16.9 Å². The summed E-state index contributed by atoms with van der Waals surface area (Å²) in [7, 11) is 1.69. The summed E-state index contributed by atoms with van der Waals surface area (Å²) < 4.78 is 0. The molecule has 0 spiro atoms. The average Bonchev–Trinajstić information content (AvgIpc) is 2.61. The number of anilines is 2. The summed E-state index contributed by atoms with van der Waals surface area (Å²) in [5.41, 5.74) is 3.31. The molecule has 126 valence electrons. The maximum absolute atomic E-state index is 12.4. The number of hydrogen-bond donors (Lipinski definition) is 2. The third kappa shape index (κ3) is 5.63. The van der Waals surface area contributed by atoms with Crippen LogP contribution in [0.2, 0.25) is 0 Å². The number of benzene rings is 2. The Morgan fingerprint density at radius 1 is 0.960 bits per heavy atom. The monoisotopic (exact) mass is 333 g/mol. The molecule has 0 saturated carbocycles. The number of aliphatic imine (C=N–C) groups is 1. The van der Waals surface area contributed by atoms with Gasteiger partial charge in [0.05, 0.1) is 5.71 Å². The third-order valence-electron chi connectivity index (χ3n) is 3.31. The van der Waals surface area contributed by atoms with E-state index in [1.165, 1.54) is 6.92 Å². The van der Waals surface area contributed by atoms with E-state index in [4.69, 9.17) is 0 Å². The van der Waals surface area contributed by atoms with Crippen LogP contribution in [0.25, 0.3) is 0 Å². The first-order valence-corrected chi connectivity index (χ1v) is 7.72. The first-order chi connectivity index (χ1) is 12.0. The Hall–Kier alpha value is -3.39. The highest BCUT2D eigenvalue weighted by Crippen LogP contribution is 2.15. The van der Waals surface area contributed by atoms with Crippen LogP contribution in [0.1, 0.15) is 29.8 Å². The molecule has 2 N–H and O–H groups in total. The van der Waals surface area contributed by atoms with E-state index in [0.717, 1.165) is 11.3 Å². The minimum atomic E-state index is -0.225. The van der Waals surface area contributed by atoms with E-state index >= 15 is 0 Å². The molecule has 5 heteroatoms. The molecule has 0 aromatic heterocycles. The summed E-state index contributed by atoms with van der Waals surface area (Å²) in [6.07, 6.45) is 0. The maximum Gasteiger partial charge on any atom is 0.255 e. The van der Waals surface area contributed by atoms with Crippen molar-refractivity contribution in [3.05, 3.63) is 59.7 Å². The first-order valence-electron chi connectivity index (χ1n) is 7.72. The molecule has 2 aromatic carbocycles. The van der Waals surface area contributed by atoms with E-state index in [-0.39, 0.29) is 11.8 Å². The molecule has 0 saturated heterocycles. The molecule has 5 nitrogen and oxygen atoms in total. The van der Waals surface area contributed by atoms with E-state index in [1.807, 2.05) is 13.0 Å². The Kier molecular flexibility index (Phi) is 6.08. The second kappa shape index (κ2) is 8.46. The molecule has 0 aliphatic heterocycles. The van der Waals surface area contributed by atoms with Gasteiger partial charge in [-0.05, 0) is 55.3 Å². The SMILES string of the molecule is C/N=C(\C)C#Cc1cccc(C(=O)Nc2ccc(NC(C)=O)cc2)c1. The quantitative estimate of drug-likeness (QED) is 0.668. The Morgan fingerprint density at radius 2 is 1.60 bits per heavy atom. The number of rotatable bonds is 3. The van der Waals surface area contributed by atoms with Crippen LogP contribution in [-0.2, 0) is 4.79 Å². The Balaban J connectivity index is 2.10. The number of nitrogens with one attached hydrogen (secondary N) is 2. The predicted molar refractivity (Wildman–Crippen MR) is 101 cm³/mol. The predicted octanol–water partition coefficient (Wildman–Crippen LogP) is 3.34. The van der Waals surface area contributed by atoms with Gasteiger partial charge in [-0.25, -0.2) is 0 Å². The van der Waals surface area contributed by atoms with Crippen molar-refractivity contribution in [3.63, 3.8) is 0 Å². The fourth-order valence-corrected chi connectivity index (χ4v) is 2.00. The molecule has 2 rings (SSSR count). The molecule has 0 atom stereocenters.